The lowest BCUT2D eigenvalue weighted by atomic mass is 10.2. The van der Waals surface area contributed by atoms with Gasteiger partial charge in [0, 0.05) is 6.20 Å². The van der Waals surface area contributed by atoms with Crippen LogP contribution in [0.3, 0.4) is 0 Å². The Morgan fingerprint density at radius 3 is 2.62 bits per heavy atom. The van der Waals surface area contributed by atoms with Crippen LogP contribution in [0.2, 0.25) is 0 Å². The van der Waals surface area contributed by atoms with Crippen molar-refractivity contribution in [3.8, 4) is 11.5 Å². The average Bonchev–Trinajstić information content (AvgIpc) is 2.40. The number of nitro groups is 1. The molecule has 21 heavy (non-hydrogen) atoms. The second kappa shape index (κ2) is 5.68. The van der Waals surface area contributed by atoms with Gasteiger partial charge in [-0.25, -0.2) is 0 Å². The summed E-state index contributed by atoms with van der Waals surface area (Å²) in [6.45, 7) is 0. The molecule has 0 aliphatic heterocycles. The Hall–Kier alpha value is -2.16. The summed E-state index contributed by atoms with van der Waals surface area (Å²) < 4.78 is 43.2. The first-order chi connectivity index (χ1) is 9.79. The molecule has 1 aromatic carbocycles. The zero-order chi connectivity index (χ0) is 15.6. The first-order valence-corrected chi connectivity index (χ1v) is 6.21. The van der Waals surface area contributed by atoms with Crippen molar-refractivity contribution in [1.29, 1.82) is 0 Å². The van der Waals surface area contributed by atoms with Crippen LogP contribution in [-0.4, -0.2) is 9.91 Å². The Morgan fingerprint density at radius 1 is 1.29 bits per heavy atom. The summed E-state index contributed by atoms with van der Waals surface area (Å²) in [6, 6.07) is 4.06. The minimum Gasteiger partial charge on any atom is -0.449 e. The fraction of sp³-hybridized carbons (Fsp3) is 0.0833. The van der Waals surface area contributed by atoms with Crippen molar-refractivity contribution in [1.82, 2.24) is 4.98 Å². The highest BCUT2D eigenvalue weighted by Gasteiger charge is 2.31. The smallest absolute Gasteiger partial charge is 0.416 e. The standard InChI is InChI=1S/C12H6BrF3N2O3/c13-9-5-17-6-10(18(19)20)11(9)21-8-3-1-2-7(4-8)12(14,15)16/h1-6H. The maximum atomic E-state index is 12.6. The van der Waals surface area contributed by atoms with Gasteiger partial charge < -0.3 is 4.74 Å². The topological polar surface area (TPSA) is 65.3 Å². The minimum absolute atomic E-state index is 0.161. The first-order valence-electron chi connectivity index (χ1n) is 5.42. The average molecular weight is 363 g/mol. The van der Waals surface area contributed by atoms with Gasteiger partial charge in [-0.3, -0.25) is 15.1 Å². The van der Waals surface area contributed by atoms with Crippen LogP contribution in [0.25, 0.3) is 0 Å². The highest BCUT2D eigenvalue weighted by Crippen LogP contribution is 2.38. The molecule has 0 atom stereocenters. The molecule has 5 nitrogen and oxygen atoms in total. The molecule has 0 aliphatic rings. The van der Waals surface area contributed by atoms with E-state index in [0.29, 0.717) is 0 Å². The normalized spacial score (nSPS) is 11.2. The maximum Gasteiger partial charge on any atom is 0.416 e. The lowest BCUT2D eigenvalue weighted by Crippen LogP contribution is -2.04. The molecule has 2 aromatic rings. The molecule has 0 spiro atoms. The van der Waals surface area contributed by atoms with E-state index < -0.39 is 22.4 Å². The van der Waals surface area contributed by atoms with Crippen molar-refractivity contribution in [2.24, 2.45) is 0 Å². The third kappa shape index (κ3) is 3.48. The van der Waals surface area contributed by atoms with Gasteiger partial charge in [0.2, 0.25) is 5.75 Å². The maximum absolute atomic E-state index is 12.6. The molecular weight excluding hydrogens is 357 g/mol. The number of halogens is 4. The van der Waals surface area contributed by atoms with Crippen LogP contribution in [-0.2, 0) is 6.18 Å². The molecule has 0 saturated heterocycles. The zero-order valence-electron chi connectivity index (χ0n) is 10.1. The molecule has 0 bridgehead atoms. The van der Waals surface area contributed by atoms with E-state index in [1.165, 1.54) is 12.3 Å². The third-order valence-electron chi connectivity index (χ3n) is 2.41. The van der Waals surface area contributed by atoms with Crippen LogP contribution in [0.15, 0.2) is 41.1 Å². The van der Waals surface area contributed by atoms with Gasteiger partial charge in [-0.2, -0.15) is 13.2 Å². The molecule has 0 radical (unpaired) electrons. The van der Waals surface area contributed by atoms with Crippen LogP contribution in [0.5, 0.6) is 11.5 Å². The summed E-state index contributed by atoms with van der Waals surface area (Å²) in [4.78, 5) is 13.8. The number of nitrogens with zero attached hydrogens (tertiary/aromatic N) is 2. The molecule has 2 rings (SSSR count). The number of benzene rings is 1. The summed E-state index contributed by atoms with van der Waals surface area (Å²) >= 11 is 3.02. The number of rotatable bonds is 3. The SMILES string of the molecule is O=[N+]([O-])c1cncc(Br)c1Oc1cccc(C(F)(F)F)c1. The monoisotopic (exact) mass is 362 g/mol. The van der Waals surface area contributed by atoms with Crippen LogP contribution >= 0.6 is 15.9 Å². The lowest BCUT2D eigenvalue weighted by molar-refractivity contribution is -0.386. The van der Waals surface area contributed by atoms with E-state index in [-0.39, 0.29) is 16.0 Å². The van der Waals surface area contributed by atoms with E-state index >= 15 is 0 Å². The highest BCUT2D eigenvalue weighted by molar-refractivity contribution is 9.10. The van der Waals surface area contributed by atoms with Gasteiger partial charge in [-0.1, -0.05) is 6.07 Å². The summed E-state index contributed by atoms with van der Waals surface area (Å²) in [6.07, 6.45) is -2.33. The van der Waals surface area contributed by atoms with E-state index in [2.05, 4.69) is 20.9 Å². The molecule has 1 heterocycles. The van der Waals surface area contributed by atoms with Crippen molar-refractivity contribution in [2.45, 2.75) is 6.18 Å². The van der Waals surface area contributed by atoms with E-state index in [1.807, 2.05) is 0 Å². The lowest BCUT2D eigenvalue weighted by Gasteiger charge is -2.10. The van der Waals surface area contributed by atoms with Crippen molar-refractivity contribution in [3.63, 3.8) is 0 Å². The summed E-state index contributed by atoms with van der Waals surface area (Å²) in [7, 11) is 0. The number of ether oxygens (including phenoxy) is 1. The fourth-order valence-corrected chi connectivity index (χ4v) is 1.90. The largest absolute Gasteiger partial charge is 0.449 e. The van der Waals surface area contributed by atoms with Gasteiger partial charge in [-0.05, 0) is 34.1 Å². The van der Waals surface area contributed by atoms with Gasteiger partial charge in [0.05, 0.1) is 15.0 Å². The molecule has 0 saturated carbocycles. The van der Waals surface area contributed by atoms with E-state index in [9.17, 15) is 23.3 Å². The van der Waals surface area contributed by atoms with Crippen molar-refractivity contribution >= 4 is 21.6 Å². The number of pyridine rings is 1. The van der Waals surface area contributed by atoms with Crippen molar-refractivity contribution in [2.75, 3.05) is 0 Å². The third-order valence-corrected chi connectivity index (χ3v) is 2.98. The van der Waals surface area contributed by atoms with Gasteiger partial charge in [0.15, 0.2) is 0 Å². The molecule has 0 amide bonds. The predicted octanol–water partition coefficient (Wildman–Crippen LogP) is 4.56. The second-order valence-electron chi connectivity index (χ2n) is 3.85. The van der Waals surface area contributed by atoms with E-state index in [1.54, 1.807) is 0 Å². The predicted molar refractivity (Wildman–Crippen MR) is 70.1 cm³/mol. The van der Waals surface area contributed by atoms with E-state index in [4.69, 9.17) is 4.74 Å². The van der Waals surface area contributed by atoms with Crippen molar-refractivity contribution in [3.05, 3.63) is 56.8 Å². The summed E-state index contributed by atoms with van der Waals surface area (Å²) in [5.74, 6) is -0.380. The minimum atomic E-state index is -4.53. The van der Waals surface area contributed by atoms with Crippen LogP contribution < -0.4 is 4.74 Å². The summed E-state index contributed by atoms with van der Waals surface area (Å²) in [5, 5.41) is 10.9. The Balaban J connectivity index is 2.42. The van der Waals surface area contributed by atoms with Crippen molar-refractivity contribution < 1.29 is 22.8 Å². The molecule has 110 valence electrons. The molecule has 0 fully saturated rings. The zero-order valence-corrected chi connectivity index (χ0v) is 11.7. The molecule has 1 aromatic heterocycles. The molecular formula is C12H6BrF3N2O3. The van der Waals surface area contributed by atoms with Crippen LogP contribution in [0.4, 0.5) is 18.9 Å². The number of hydrogen-bond acceptors (Lipinski definition) is 4. The second-order valence-corrected chi connectivity index (χ2v) is 4.71. The Kier molecular flexibility index (Phi) is 4.12. The van der Waals surface area contributed by atoms with Gasteiger partial charge >= 0.3 is 11.9 Å². The highest BCUT2D eigenvalue weighted by atomic mass is 79.9. The first kappa shape index (κ1) is 15.2. The van der Waals surface area contributed by atoms with Gasteiger partial charge in [0.1, 0.15) is 11.9 Å². The molecule has 0 aliphatic carbocycles. The number of aromatic nitrogens is 1. The van der Waals surface area contributed by atoms with Gasteiger partial charge in [0.25, 0.3) is 0 Å². The van der Waals surface area contributed by atoms with Gasteiger partial charge in [-0.15, -0.1) is 0 Å². The number of alkyl halides is 3. The number of hydrogen-bond donors (Lipinski definition) is 0. The molecule has 0 unspecified atom stereocenters. The Morgan fingerprint density at radius 2 is 2.00 bits per heavy atom. The molecule has 0 N–H and O–H groups in total. The quantitative estimate of drug-likeness (QED) is 0.592. The van der Waals surface area contributed by atoms with Crippen LogP contribution in [0.1, 0.15) is 5.56 Å². The summed E-state index contributed by atoms with van der Waals surface area (Å²) in [5.41, 5.74) is -1.37. The van der Waals surface area contributed by atoms with E-state index in [0.717, 1.165) is 24.4 Å². The fourth-order valence-electron chi connectivity index (χ4n) is 1.50. The molecule has 9 heteroatoms. The Bertz CT molecular complexity index is 692. The Labute approximate surface area is 124 Å². The van der Waals surface area contributed by atoms with Crippen LogP contribution in [0, 0.1) is 10.1 Å².